The average Bonchev–Trinajstić information content (AvgIpc) is 3.35. The van der Waals surface area contributed by atoms with Crippen molar-refractivity contribution in [1.82, 2.24) is 23.8 Å². The van der Waals surface area contributed by atoms with E-state index >= 15 is 0 Å². The maximum Gasteiger partial charge on any atom is 0.242 e. The van der Waals surface area contributed by atoms with Crippen molar-refractivity contribution >= 4 is 50.3 Å². The zero-order valence-electron chi connectivity index (χ0n) is 16.7. The molecule has 2 N–H and O–H groups in total. The van der Waals surface area contributed by atoms with E-state index in [9.17, 15) is 13.4 Å². The van der Waals surface area contributed by atoms with Crippen molar-refractivity contribution < 1.29 is 13.4 Å². The van der Waals surface area contributed by atoms with Crippen LogP contribution >= 0.6 is 22.9 Å². The van der Waals surface area contributed by atoms with Gasteiger partial charge in [0.2, 0.25) is 5.91 Å². The van der Waals surface area contributed by atoms with Crippen molar-refractivity contribution in [3.05, 3.63) is 52.4 Å². The zero-order chi connectivity index (χ0) is 22.3. The number of hydrogen-bond donors (Lipinski definition) is 2. The number of anilines is 1. The number of carbonyl (C=O) groups excluding carboxylic acids is 1. The molecule has 1 aromatic carbocycles. The van der Waals surface area contributed by atoms with Gasteiger partial charge in [-0.05, 0) is 42.6 Å². The molecule has 0 spiro atoms. The number of amides is 1. The fourth-order valence-corrected chi connectivity index (χ4v) is 6.14. The zero-order valence-corrected chi connectivity index (χ0v) is 19.1. The summed E-state index contributed by atoms with van der Waals surface area (Å²) in [4.78, 5) is 19.1. The summed E-state index contributed by atoms with van der Waals surface area (Å²) in [6.07, 6.45) is 1.84. The summed E-state index contributed by atoms with van der Waals surface area (Å²) < 4.78 is 32.7. The molecule has 1 saturated heterocycles. The summed E-state index contributed by atoms with van der Waals surface area (Å²) in [5.41, 5.74) is 0.358. The summed E-state index contributed by atoms with van der Waals surface area (Å²) in [6, 6.07) is 6.71. The third-order valence-corrected chi connectivity index (χ3v) is 8.40. The van der Waals surface area contributed by atoms with E-state index < -0.39 is 21.8 Å². The summed E-state index contributed by atoms with van der Waals surface area (Å²) in [5, 5.41) is 6.71. The molecule has 3 heterocycles. The highest BCUT2D eigenvalue weighted by Crippen LogP contribution is 2.35. The van der Waals surface area contributed by atoms with Crippen LogP contribution in [0.4, 0.5) is 10.1 Å². The van der Waals surface area contributed by atoms with Crippen LogP contribution in [0.25, 0.3) is 10.7 Å². The van der Waals surface area contributed by atoms with Crippen LogP contribution in [0, 0.1) is 5.82 Å². The first-order valence-electron chi connectivity index (χ1n) is 9.23. The molecule has 12 heteroatoms. The van der Waals surface area contributed by atoms with Crippen LogP contribution in [0.15, 0.2) is 36.7 Å². The van der Waals surface area contributed by atoms with Gasteiger partial charge in [-0.25, -0.2) is 27.3 Å². The first-order valence-corrected chi connectivity index (χ1v) is 12.1. The van der Waals surface area contributed by atoms with E-state index in [-0.39, 0.29) is 17.0 Å². The van der Waals surface area contributed by atoms with Crippen molar-refractivity contribution in [3.63, 3.8) is 0 Å². The van der Waals surface area contributed by atoms with Crippen molar-refractivity contribution in [2.45, 2.75) is 18.5 Å². The standard InChI is InChI=1S/C19H20ClFN6O2S2/c1-26-18(22-10-23-26)17-7-6-16(30-17)14-9-15(27(2)31(3,29)25-14)19(28)24-11-4-5-13(21)12(20)8-11/h4-8,10,14-15H,3,9H2,1-2H3,(H,24,28)(H,25,29)/t14-,15+,31?/m1/s1. The quantitative estimate of drug-likeness (QED) is 0.559. The second-order valence-electron chi connectivity index (χ2n) is 7.14. The lowest BCUT2D eigenvalue weighted by atomic mass is 10.1. The van der Waals surface area contributed by atoms with Gasteiger partial charge in [0.15, 0.2) is 5.82 Å². The lowest BCUT2D eigenvalue weighted by molar-refractivity contribution is -0.120. The molecular formula is C19H20ClFN6O2S2. The van der Waals surface area contributed by atoms with Gasteiger partial charge in [-0.2, -0.15) is 5.10 Å². The van der Waals surface area contributed by atoms with E-state index in [1.165, 1.54) is 40.2 Å². The van der Waals surface area contributed by atoms with Crippen LogP contribution in [-0.4, -0.2) is 48.1 Å². The molecule has 1 aliphatic rings. The number of carbonyl (C=O) groups is 1. The molecule has 1 aliphatic heterocycles. The largest absolute Gasteiger partial charge is 0.325 e. The number of hydrogen-bond acceptors (Lipinski definition) is 5. The number of likely N-dealkylation sites (N-methyl/N-ethyl adjacent to an activating group) is 1. The molecule has 1 amide bonds. The molecule has 3 atom stereocenters. The summed E-state index contributed by atoms with van der Waals surface area (Å²) >= 11 is 7.29. The molecule has 3 aromatic rings. The number of nitrogens with zero attached hydrogens (tertiary/aromatic N) is 4. The molecular weight excluding hydrogens is 463 g/mol. The van der Waals surface area contributed by atoms with Crippen LogP contribution in [0.1, 0.15) is 17.3 Å². The fourth-order valence-electron chi connectivity index (χ4n) is 3.36. The van der Waals surface area contributed by atoms with Crippen LogP contribution in [0.3, 0.4) is 0 Å². The van der Waals surface area contributed by atoms with Crippen LogP contribution in [0.2, 0.25) is 5.02 Å². The Morgan fingerprint density at radius 1 is 1.39 bits per heavy atom. The molecule has 2 aromatic heterocycles. The number of benzene rings is 1. The van der Waals surface area contributed by atoms with Crippen molar-refractivity contribution in [2.24, 2.45) is 7.05 Å². The normalized spacial score (nSPS) is 24.3. The molecule has 31 heavy (non-hydrogen) atoms. The lowest BCUT2D eigenvalue weighted by Gasteiger charge is -2.39. The average molecular weight is 483 g/mol. The Bertz CT molecular complexity index is 1240. The van der Waals surface area contributed by atoms with Gasteiger partial charge in [-0.15, -0.1) is 11.3 Å². The third-order valence-electron chi connectivity index (χ3n) is 5.08. The Kier molecular flexibility index (Phi) is 5.88. The second kappa shape index (κ2) is 8.32. The molecule has 0 aliphatic carbocycles. The Labute approximate surface area is 188 Å². The van der Waals surface area contributed by atoms with Crippen LogP contribution in [-0.2, 0) is 21.7 Å². The monoisotopic (exact) mass is 482 g/mol. The van der Waals surface area contributed by atoms with Crippen molar-refractivity contribution in [2.75, 3.05) is 12.4 Å². The summed E-state index contributed by atoms with van der Waals surface area (Å²) in [6.45, 7) is 0. The highest BCUT2D eigenvalue weighted by molar-refractivity contribution is 7.96. The number of halogens is 2. The molecule has 0 bridgehead atoms. The first kappa shape index (κ1) is 21.9. The van der Waals surface area contributed by atoms with Gasteiger partial charge in [0.05, 0.1) is 25.8 Å². The van der Waals surface area contributed by atoms with Gasteiger partial charge < -0.3 is 5.32 Å². The molecule has 164 valence electrons. The van der Waals surface area contributed by atoms with Gasteiger partial charge in [-0.3, -0.25) is 4.79 Å². The van der Waals surface area contributed by atoms with Crippen LogP contribution < -0.4 is 10.0 Å². The van der Waals surface area contributed by atoms with E-state index in [4.69, 9.17) is 11.6 Å². The topological polar surface area (TPSA) is 92.1 Å². The minimum Gasteiger partial charge on any atom is -0.325 e. The van der Waals surface area contributed by atoms with E-state index in [1.807, 2.05) is 12.1 Å². The predicted octanol–water partition coefficient (Wildman–Crippen LogP) is 2.86. The van der Waals surface area contributed by atoms with Crippen LogP contribution in [0.5, 0.6) is 0 Å². The number of aromatic nitrogens is 3. The van der Waals surface area contributed by atoms with Gasteiger partial charge in [0.25, 0.3) is 0 Å². The molecule has 8 nitrogen and oxygen atoms in total. The smallest absolute Gasteiger partial charge is 0.242 e. The van der Waals surface area contributed by atoms with Crippen molar-refractivity contribution in [3.8, 4) is 10.7 Å². The molecule has 1 unspecified atom stereocenters. The molecule has 0 saturated carbocycles. The van der Waals surface area contributed by atoms with E-state index in [2.05, 4.69) is 26.0 Å². The maximum atomic E-state index is 13.4. The van der Waals surface area contributed by atoms with E-state index in [0.717, 1.165) is 15.6 Å². The Hall–Kier alpha value is -2.31. The SMILES string of the molecule is C=S1(=O)N[C@@H](c2ccc(-c3ncnn3C)s2)C[C@@H](C(=O)Nc2ccc(F)c(Cl)c2)N1C. The summed E-state index contributed by atoms with van der Waals surface area (Å²) in [7, 11) is 0.486. The fraction of sp³-hybridized carbons (Fsp3) is 0.263. The molecule has 4 rings (SSSR count). The van der Waals surface area contributed by atoms with E-state index in [0.29, 0.717) is 12.1 Å². The highest BCUT2D eigenvalue weighted by atomic mass is 35.5. The number of nitrogens with one attached hydrogen (secondary N) is 2. The highest BCUT2D eigenvalue weighted by Gasteiger charge is 2.38. The van der Waals surface area contributed by atoms with Crippen molar-refractivity contribution in [1.29, 1.82) is 0 Å². The third kappa shape index (κ3) is 4.37. The lowest BCUT2D eigenvalue weighted by Crippen LogP contribution is -2.55. The number of thiophene rings is 1. The predicted molar refractivity (Wildman–Crippen MR) is 122 cm³/mol. The minimum absolute atomic E-state index is 0.0924. The Morgan fingerprint density at radius 3 is 2.84 bits per heavy atom. The van der Waals surface area contributed by atoms with Gasteiger partial charge in [-0.1, -0.05) is 11.6 Å². The second-order valence-corrected chi connectivity index (χ2v) is 10.8. The van der Waals surface area contributed by atoms with Gasteiger partial charge in [0, 0.05) is 24.7 Å². The number of aryl methyl sites for hydroxylation is 1. The maximum absolute atomic E-state index is 13.4. The Balaban J connectivity index is 1.58. The van der Waals surface area contributed by atoms with Gasteiger partial charge >= 0.3 is 0 Å². The number of rotatable bonds is 4. The molecule has 1 fully saturated rings. The minimum atomic E-state index is -2.90. The van der Waals surface area contributed by atoms with E-state index in [1.54, 1.807) is 18.8 Å². The Morgan fingerprint density at radius 2 is 2.16 bits per heavy atom. The van der Waals surface area contributed by atoms with Gasteiger partial charge in [0.1, 0.15) is 18.2 Å². The summed E-state index contributed by atoms with van der Waals surface area (Å²) in [5.74, 6) is 3.57. The molecule has 0 radical (unpaired) electrons. The first-order chi connectivity index (χ1) is 14.7.